The fraction of sp³-hybridized carbons (Fsp3) is 0.647. The van der Waals surface area contributed by atoms with E-state index in [1.165, 1.54) is 10.4 Å². The first kappa shape index (κ1) is 21.4. The number of alkyl carbamates (subject to hydrolysis) is 1. The molecule has 156 valence electrons. The van der Waals surface area contributed by atoms with Gasteiger partial charge in [0.15, 0.2) is 0 Å². The monoisotopic (exact) mass is 447 g/mol. The zero-order valence-corrected chi connectivity index (χ0v) is 18.2. The predicted octanol–water partition coefficient (Wildman–Crippen LogP) is 1.84. The zero-order valence-electron chi connectivity index (χ0n) is 15.8. The number of amides is 2. The van der Waals surface area contributed by atoms with Gasteiger partial charge in [-0.2, -0.15) is 16.1 Å². The molecule has 28 heavy (non-hydrogen) atoms. The van der Waals surface area contributed by atoms with Crippen molar-refractivity contribution < 1.29 is 22.7 Å². The van der Waals surface area contributed by atoms with E-state index in [1.54, 1.807) is 29.0 Å². The number of thiophene rings is 1. The normalized spacial score (nSPS) is 21.3. The van der Waals surface area contributed by atoms with Crippen LogP contribution in [0.25, 0.3) is 0 Å². The molecule has 0 aliphatic carbocycles. The molecule has 8 nitrogen and oxygen atoms in total. The lowest BCUT2D eigenvalue weighted by atomic mass is 10.1. The van der Waals surface area contributed by atoms with Crippen molar-refractivity contribution in [3.63, 3.8) is 0 Å². The minimum atomic E-state index is -3.68. The smallest absolute Gasteiger partial charge is 0.407 e. The highest BCUT2D eigenvalue weighted by Crippen LogP contribution is 2.29. The molecule has 1 aromatic heterocycles. The van der Waals surface area contributed by atoms with Crippen LogP contribution in [0, 0.1) is 0 Å². The number of hydrogen-bond acceptors (Lipinski definition) is 7. The van der Waals surface area contributed by atoms with Crippen molar-refractivity contribution in [3.8, 4) is 0 Å². The number of carbonyl (C=O) groups excluding carboxylic acids is 2. The van der Waals surface area contributed by atoms with Crippen molar-refractivity contribution in [1.82, 2.24) is 14.5 Å². The first-order valence-electron chi connectivity index (χ1n) is 9.31. The summed E-state index contributed by atoms with van der Waals surface area (Å²) < 4.78 is 32.4. The van der Waals surface area contributed by atoms with Gasteiger partial charge < -0.3 is 15.0 Å². The molecule has 2 fully saturated rings. The number of thioether (sulfide) groups is 1. The van der Waals surface area contributed by atoms with Crippen molar-refractivity contribution in [3.05, 3.63) is 16.3 Å². The summed E-state index contributed by atoms with van der Waals surface area (Å²) in [5, 5.41) is 4.42. The molecular formula is C17H25N3O5S3. The molecule has 0 saturated carbocycles. The van der Waals surface area contributed by atoms with Crippen LogP contribution >= 0.6 is 23.1 Å². The van der Waals surface area contributed by atoms with Gasteiger partial charge >= 0.3 is 6.09 Å². The van der Waals surface area contributed by atoms with Gasteiger partial charge in [0.25, 0.3) is 5.91 Å². The Morgan fingerprint density at radius 3 is 2.75 bits per heavy atom. The van der Waals surface area contributed by atoms with Crippen molar-refractivity contribution >= 4 is 45.1 Å². The largest absolute Gasteiger partial charge is 0.450 e. The van der Waals surface area contributed by atoms with Crippen molar-refractivity contribution in [1.29, 1.82) is 0 Å². The van der Waals surface area contributed by atoms with Crippen LogP contribution in [0.5, 0.6) is 0 Å². The van der Waals surface area contributed by atoms with Crippen LogP contribution in [0.3, 0.4) is 0 Å². The molecule has 2 saturated heterocycles. The van der Waals surface area contributed by atoms with Crippen LogP contribution in [0.2, 0.25) is 0 Å². The molecule has 1 N–H and O–H groups in total. The topological polar surface area (TPSA) is 96.0 Å². The predicted molar refractivity (Wildman–Crippen MR) is 109 cm³/mol. The molecule has 3 rings (SSSR count). The first-order chi connectivity index (χ1) is 13.4. The molecule has 0 spiro atoms. The molecule has 1 unspecified atom stereocenters. The number of sulfonamides is 1. The average molecular weight is 448 g/mol. The van der Waals surface area contributed by atoms with Crippen LogP contribution in [-0.4, -0.2) is 80.0 Å². The number of carbonyl (C=O) groups is 2. The molecule has 3 heterocycles. The maximum atomic E-state index is 13.1. The molecular weight excluding hydrogens is 422 g/mol. The quantitative estimate of drug-likeness (QED) is 0.740. The number of likely N-dealkylation sites (tertiary alicyclic amines) is 1. The van der Waals surface area contributed by atoms with E-state index in [4.69, 9.17) is 4.74 Å². The van der Waals surface area contributed by atoms with Crippen LogP contribution in [0.4, 0.5) is 4.79 Å². The van der Waals surface area contributed by atoms with Gasteiger partial charge in [-0.05, 0) is 31.2 Å². The molecule has 1 aromatic rings. The average Bonchev–Trinajstić information content (AvgIpc) is 3.19. The second-order valence-electron chi connectivity index (χ2n) is 6.59. The molecule has 2 aliphatic rings. The fourth-order valence-corrected chi connectivity index (χ4v) is 7.28. The Bertz CT molecular complexity index is 805. The summed E-state index contributed by atoms with van der Waals surface area (Å²) in [5.41, 5.74) is 0. The summed E-state index contributed by atoms with van der Waals surface area (Å²) in [5.74, 6) is 1.23. The summed E-state index contributed by atoms with van der Waals surface area (Å²) >= 11 is 2.88. The van der Waals surface area contributed by atoms with Gasteiger partial charge in [0.2, 0.25) is 10.0 Å². The molecule has 1 atom stereocenters. The molecule has 0 aromatic carbocycles. The zero-order chi connectivity index (χ0) is 20.1. The molecule has 2 amide bonds. The molecule has 0 radical (unpaired) electrons. The summed E-state index contributed by atoms with van der Waals surface area (Å²) in [6, 6.07) is 1.32. The number of ether oxygens (including phenoxy) is 1. The number of nitrogens with zero attached hydrogens (tertiary/aromatic N) is 2. The molecule has 11 heteroatoms. The SMILES string of the molecule is CCOC(=O)NC1CCCN(C(=O)c2sccc2S(=O)(=O)N2CCSCC2)C1. The summed E-state index contributed by atoms with van der Waals surface area (Å²) in [7, 11) is -3.68. The minimum absolute atomic E-state index is 0.0925. The fourth-order valence-electron chi connectivity index (χ4n) is 3.35. The van der Waals surface area contributed by atoms with Gasteiger partial charge in [-0.1, -0.05) is 0 Å². The minimum Gasteiger partial charge on any atom is -0.450 e. The lowest BCUT2D eigenvalue weighted by Crippen LogP contribution is -2.49. The van der Waals surface area contributed by atoms with Gasteiger partial charge in [-0.15, -0.1) is 11.3 Å². The van der Waals surface area contributed by atoms with Crippen molar-refractivity contribution in [2.24, 2.45) is 0 Å². The van der Waals surface area contributed by atoms with E-state index in [1.807, 2.05) is 0 Å². The Balaban J connectivity index is 1.73. The Hall–Kier alpha value is -1.30. The highest BCUT2D eigenvalue weighted by Gasteiger charge is 2.34. The lowest BCUT2D eigenvalue weighted by molar-refractivity contribution is 0.0687. The van der Waals surface area contributed by atoms with Crippen LogP contribution in [-0.2, 0) is 14.8 Å². The number of nitrogens with one attached hydrogen (secondary N) is 1. The van der Waals surface area contributed by atoms with E-state index in [0.29, 0.717) is 26.2 Å². The van der Waals surface area contributed by atoms with Crippen molar-refractivity contribution in [2.75, 3.05) is 44.3 Å². The number of hydrogen-bond donors (Lipinski definition) is 1. The summed E-state index contributed by atoms with van der Waals surface area (Å²) in [4.78, 5) is 26.7. The Morgan fingerprint density at radius 2 is 2.04 bits per heavy atom. The third kappa shape index (κ3) is 4.81. The van der Waals surface area contributed by atoms with Crippen LogP contribution in [0.1, 0.15) is 29.4 Å². The molecule has 2 aliphatic heterocycles. The van der Waals surface area contributed by atoms with E-state index in [0.717, 1.165) is 35.7 Å². The molecule has 0 bridgehead atoms. The third-order valence-corrected chi connectivity index (χ3v) is 8.63. The maximum Gasteiger partial charge on any atom is 0.407 e. The summed E-state index contributed by atoms with van der Waals surface area (Å²) in [6.45, 7) is 3.83. The Kier molecular flexibility index (Phi) is 7.24. The van der Waals surface area contributed by atoms with E-state index in [2.05, 4.69) is 5.32 Å². The van der Waals surface area contributed by atoms with E-state index in [-0.39, 0.29) is 28.3 Å². The Labute approximate surface area is 173 Å². The van der Waals surface area contributed by atoms with Gasteiger partial charge in [0, 0.05) is 43.7 Å². The second kappa shape index (κ2) is 9.47. The number of rotatable bonds is 5. The van der Waals surface area contributed by atoms with Crippen LogP contribution < -0.4 is 5.32 Å². The maximum absolute atomic E-state index is 13.1. The van der Waals surface area contributed by atoms with Gasteiger partial charge in [0.05, 0.1) is 6.61 Å². The number of piperidine rings is 1. The highest BCUT2D eigenvalue weighted by molar-refractivity contribution is 7.99. The Morgan fingerprint density at radius 1 is 1.29 bits per heavy atom. The third-order valence-electron chi connectivity index (χ3n) is 4.72. The van der Waals surface area contributed by atoms with E-state index >= 15 is 0 Å². The standard InChI is InChI=1S/C17H25N3O5S3/c1-2-25-17(22)18-13-4-3-6-19(12-13)16(21)15-14(5-9-27-15)28(23,24)20-7-10-26-11-8-20/h5,9,13H,2-4,6-8,10-12H2,1H3,(H,18,22). The first-order valence-corrected chi connectivity index (χ1v) is 12.8. The van der Waals surface area contributed by atoms with Gasteiger partial charge in [0.1, 0.15) is 9.77 Å². The van der Waals surface area contributed by atoms with Crippen LogP contribution in [0.15, 0.2) is 16.3 Å². The van der Waals surface area contributed by atoms with E-state index in [9.17, 15) is 18.0 Å². The van der Waals surface area contributed by atoms with Gasteiger partial charge in [-0.25, -0.2) is 13.2 Å². The van der Waals surface area contributed by atoms with E-state index < -0.39 is 16.1 Å². The summed E-state index contributed by atoms with van der Waals surface area (Å²) in [6.07, 6.45) is 0.993. The van der Waals surface area contributed by atoms with Gasteiger partial charge in [-0.3, -0.25) is 4.79 Å². The van der Waals surface area contributed by atoms with Crippen molar-refractivity contribution in [2.45, 2.75) is 30.7 Å². The second-order valence-corrected chi connectivity index (χ2v) is 10.6. The lowest BCUT2D eigenvalue weighted by Gasteiger charge is -2.33. The highest BCUT2D eigenvalue weighted by atomic mass is 32.2.